The van der Waals surface area contributed by atoms with Gasteiger partial charge in [-0.3, -0.25) is 0 Å². The van der Waals surface area contributed by atoms with Crippen LogP contribution < -0.4 is 11.1 Å². The largest absolute Gasteiger partial charge is 0.409 e. The van der Waals surface area contributed by atoms with E-state index in [9.17, 15) is 0 Å². The molecule has 0 spiro atoms. The summed E-state index contributed by atoms with van der Waals surface area (Å²) in [5.74, 6) is 0.226. The van der Waals surface area contributed by atoms with Gasteiger partial charge in [0, 0.05) is 28.5 Å². The summed E-state index contributed by atoms with van der Waals surface area (Å²) in [6.45, 7) is 0.627. The fourth-order valence-corrected chi connectivity index (χ4v) is 2.27. The van der Waals surface area contributed by atoms with Crippen LogP contribution in [0.15, 0.2) is 46.0 Å². The minimum absolute atomic E-state index is 0.226. The Morgan fingerprint density at radius 2 is 1.94 bits per heavy atom. The Morgan fingerprint density at radius 1 is 1.22 bits per heavy atom. The van der Waals surface area contributed by atoms with Gasteiger partial charge in [0.1, 0.15) is 5.84 Å². The summed E-state index contributed by atoms with van der Waals surface area (Å²) in [6.07, 6.45) is 0.501. The van der Waals surface area contributed by atoms with E-state index in [1.54, 1.807) is 0 Å². The van der Waals surface area contributed by atoms with Crippen molar-refractivity contribution in [2.24, 2.45) is 10.9 Å². The van der Waals surface area contributed by atoms with Gasteiger partial charge in [-0.05, 0) is 17.5 Å². The molecule has 0 radical (unpaired) electrons. The van der Waals surface area contributed by atoms with E-state index in [4.69, 9.17) is 10.9 Å². The average molecular weight is 308 g/mol. The molecule has 5 heteroatoms. The van der Waals surface area contributed by atoms with Crippen LogP contribution in [0, 0.1) is 0 Å². The van der Waals surface area contributed by atoms with Gasteiger partial charge in [-0.2, -0.15) is 0 Å². The number of nitrogens with zero attached hydrogens (tertiary/aromatic N) is 1. The van der Waals surface area contributed by atoms with Crippen molar-refractivity contribution in [2.75, 3.05) is 11.9 Å². The van der Waals surface area contributed by atoms with E-state index >= 15 is 0 Å². The first-order chi connectivity index (χ1) is 8.72. The highest BCUT2D eigenvalue weighted by molar-refractivity contribution is 9.10. The summed E-state index contributed by atoms with van der Waals surface area (Å²) < 4.78 is 1.07. The number of hydrogen-bond donors (Lipinski definition) is 3. The molecule has 0 aliphatic heterocycles. The minimum Gasteiger partial charge on any atom is -0.409 e. The second-order valence-corrected chi connectivity index (χ2v) is 4.76. The van der Waals surface area contributed by atoms with Gasteiger partial charge < -0.3 is 16.3 Å². The highest BCUT2D eigenvalue weighted by Gasteiger charge is 2.03. The number of fused-ring (bicyclic) bond motifs is 1. The number of oxime groups is 1. The third-order valence-electron chi connectivity index (χ3n) is 2.70. The van der Waals surface area contributed by atoms with Crippen molar-refractivity contribution in [3.05, 3.63) is 40.9 Å². The first kappa shape index (κ1) is 12.7. The molecule has 18 heavy (non-hydrogen) atoms. The van der Waals surface area contributed by atoms with Gasteiger partial charge in [0.15, 0.2) is 0 Å². The topological polar surface area (TPSA) is 70.6 Å². The normalized spacial score (nSPS) is 11.7. The molecule has 2 rings (SSSR count). The van der Waals surface area contributed by atoms with E-state index in [1.807, 2.05) is 24.3 Å². The van der Waals surface area contributed by atoms with Crippen LogP contribution in [0.1, 0.15) is 6.42 Å². The van der Waals surface area contributed by atoms with Crippen molar-refractivity contribution in [1.82, 2.24) is 0 Å². The van der Waals surface area contributed by atoms with Crippen molar-refractivity contribution in [2.45, 2.75) is 6.42 Å². The highest BCUT2D eigenvalue weighted by Crippen LogP contribution is 2.29. The molecule has 0 saturated carbocycles. The van der Waals surface area contributed by atoms with Crippen molar-refractivity contribution >= 4 is 38.2 Å². The van der Waals surface area contributed by atoms with E-state index in [0.717, 1.165) is 20.9 Å². The molecule has 2 aromatic rings. The summed E-state index contributed by atoms with van der Waals surface area (Å²) >= 11 is 3.53. The highest BCUT2D eigenvalue weighted by atomic mass is 79.9. The smallest absolute Gasteiger partial charge is 0.140 e. The lowest BCUT2D eigenvalue weighted by molar-refractivity contribution is 0.317. The maximum absolute atomic E-state index is 8.47. The Morgan fingerprint density at radius 3 is 2.67 bits per heavy atom. The van der Waals surface area contributed by atoms with Gasteiger partial charge in [-0.25, -0.2) is 0 Å². The van der Waals surface area contributed by atoms with Gasteiger partial charge in [0.25, 0.3) is 0 Å². The van der Waals surface area contributed by atoms with Gasteiger partial charge in [0.2, 0.25) is 0 Å². The van der Waals surface area contributed by atoms with Crippen LogP contribution in [0.3, 0.4) is 0 Å². The van der Waals surface area contributed by atoms with Crippen LogP contribution in [0.2, 0.25) is 0 Å². The zero-order chi connectivity index (χ0) is 13.0. The number of hydrogen-bond acceptors (Lipinski definition) is 3. The first-order valence-corrected chi connectivity index (χ1v) is 6.39. The Labute approximate surface area is 114 Å². The Kier molecular flexibility index (Phi) is 4.04. The molecule has 0 fully saturated rings. The van der Waals surface area contributed by atoms with Crippen LogP contribution in [0.4, 0.5) is 5.69 Å². The number of benzene rings is 2. The summed E-state index contributed by atoms with van der Waals surface area (Å²) in [6, 6.07) is 12.2. The van der Waals surface area contributed by atoms with Crippen LogP contribution in [0.25, 0.3) is 10.8 Å². The van der Waals surface area contributed by atoms with Gasteiger partial charge in [-0.15, -0.1) is 0 Å². The number of amidine groups is 1. The number of rotatable bonds is 4. The molecule has 0 unspecified atom stereocenters. The number of nitrogens with two attached hydrogens (primary N) is 1. The van der Waals surface area contributed by atoms with E-state index in [-0.39, 0.29) is 5.84 Å². The maximum atomic E-state index is 8.47. The van der Waals surface area contributed by atoms with E-state index in [2.05, 4.69) is 38.5 Å². The van der Waals surface area contributed by atoms with Crippen molar-refractivity contribution in [1.29, 1.82) is 0 Å². The van der Waals surface area contributed by atoms with Gasteiger partial charge in [-0.1, -0.05) is 45.4 Å². The van der Waals surface area contributed by atoms with Crippen LogP contribution in [0.5, 0.6) is 0 Å². The molecule has 0 aliphatic rings. The lowest BCUT2D eigenvalue weighted by atomic mass is 10.1. The molecule has 0 bridgehead atoms. The summed E-state index contributed by atoms with van der Waals surface area (Å²) in [4.78, 5) is 0. The summed E-state index contributed by atoms with van der Waals surface area (Å²) in [7, 11) is 0. The second-order valence-electron chi connectivity index (χ2n) is 3.91. The molecular weight excluding hydrogens is 294 g/mol. The number of halogens is 1. The van der Waals surface area contributed by atoms with E-state index in [1.165, 1.54) is 0 Å². The lowest BCUT2D eigenvalue weighted by Gasteiger charge is -2.10. The molecule has 4 N–H and O–H groups in total. The number of anilines is 1. The monoisotopic (exact) mass is 307 g/mol. The second kappa shape index (κ2) is 5.73. The van der Waals surface area contributed by atoms with Crippen molar-refractivity contribution in [3.63, 3.8) is 0 Å². The number of nitrogens with one attached hydrogen (secondary N) is 1. The molecule has 4 nitrogen and oxygen atoms in total. The molecule has 94 valence electrons. The molecule has 0 amide bonds. The van der Waals surface area contributed by atoms with Gasteiger partial charge in [0.05, 0.1) is 0 Å². The van der Waals surface area contributed by atoms with Gasteiger partial charge >= 0.3 is 0 Å². The minimum atomic E-state index is 0.226. The average Bonchev–Trinajstić information content (AvgIpc) is 2.41. The van der Waals surface area contributed by atoms with E-state index < -0.39 is 0 Å². The van der Waals surface area contributed by atoms with E-state index in [0.29, 0.717) is 13.0 Å². The quantitative estimate of drug-likeness (QED) is 0.352. The molecule has 0 heterocycles. The molecule has 0 atom stereocenters. The predicted octanol–water partition coefficient (Wildman–Crippen LogP) is 3.15. The standard InChI is InChI=1S/C13H14BrN3O/c14-11-5-6-12(16-8-7-13(15)17-18)10-4-2-1-3-9(10)11/h1-6,16,18H,7-8H2,(H2,15,17). The molecular formula is C13H14BrN3O. The Hall–Kier alpha value is -1.75. The SMILES string of the molecule is N/C(CCNc1ccc(Br)c2ccccc12)=N/O. The zero-order valence-corrected chi connectivity index (χ0v) is 11.3. The Bertz CT molecular complexity index is 583. The fourth-order valence-electron chi connectivity index (χ4n) is 1.79. The maximum Gasteiger partial charge on any atom is 0.140 e. The predicted molar refractivity (Wildman–Crippen MR) is 78.2 cm³/mol. The fraction of sp³-hybridized carbons (Fsp3) is 0.154. The van der Waals surface area contributed by atoms with Crippen molar-refractivity contribution < 1.29 is 5.21 Å². The first-order valence-electron chi connectivity index (χ1n) is 5.60. The van der Waals surface area contributed by atoms with Crippen molar-refractivity contribution in [3.8, 4) is 0 Å². The summed E-state index contributed by atoms with van der Waals surface area (Å²) in [5, 5.41) is 17.0. The molecule has 2 aromatic carbocycles. The molecule has 0 aromatic heterocycles. The van der Waals surface area contributed by atoms with Crippen LogP contribution in [-0.2, 0) is 0 Å². The lowest BCUT2D eigenvalue weighted by Crippen LogP contribution is -2.16. The summed E-state index contributed by atoms with van der Waals surface area (Å²) in [5.41, 5.74) is 6.47. The zero-order valence-electron chi connectivity index (χ0n) is 9.73. The third-order valence-corrected chi connectivity index (χ3v) is 3.39. The molecule has 0 saturated heterocycles. The van der Waals surface area contributed by atoms with Crippen LogP contribution in [-0.4, -0.2) is 17.6 Å². The van der Waals surface area contributed by atoms with Crippen LogP contribution >= 0.6 is 15.9 Å². The Balaban J connectivity index is 2.21. The molecule has 0 aliphatic carbocycles. The third kappa shape index (κ3) is 2.73.